The number of anilines is 1. The number of aromatic carboxylic acids is 1. The Balaban J connectivity index is 2.12. The number of urea groups is 1. The molecule has 1 aliphatic rings. The molecule has 1 N–H and O–H groups in total. The molecule has 0 saturated heterocycles. The molecule has 2 amide bonds. The molecule has 0 bridgehead atoms. The first-order valence-corrected chi connectivity index (χ1v) is 8.03. The van der Waals surface area contributed by atoms with E-state index in [-0.39, 0.29) is 34.8 Å². The summed E-state index contributed by atoms with van der Waals surface area (Å²) in [6, 6.07) is 8.36. The van der Waals surface area contributed by atoms with Crippen molar-refractivity contribution in [2.75, 3.05) is 11.9 Å². The van der Waals surface area contributed by atoms with E-state index in [0.717, 1.165) is 5.56 Å². The normalized spacial score (nSPS) is 16.8. The van der Waals surface area contributed by atoms with Gasteiger partial charge < -0.3 is 10.0 Å². The Labute approximate surface area is 149 Å². The molecule has 0 aromatic heterocycles. The Bertz CT molecular complexity index is 851. The molecule has 0 saturated carbocycles. The van der Waals surface area contributed by atoms with Gasteiger partial charge in [-0.1, -0.05) is 23.7 Å². The average molecular weight is 363 g/mol. The summed E-state index contributed by atoms with van der Waals surface area (Å²) in [5.74, 6) is -1.61. The molecule has 2 aromatic rings. The third kappa shape index (κ3) is 2.93. The molecule has 130 valence electrons. The van der Waals surface area contributed by atoms with Crippen LogP contribution in [0.2, 0.25) is 5.02 Å². The maximum absolute atomic E-state index is 14.2. The van der Waals surface area contributed by atoms with E-state index < -0.39 is 11.8 Å². The van der Waals surface area contributed by atoms with E-state index in [1.807, 2.05) is 6.92 Å². The fourth-order valence-electron chi connectivity index (χ4n) is 2.93. The van der Waals surface area contributed by atoms with Gasteiger partial charge in [0.15, 0.2) is 0 Å². The third-order valence-electron chi connectivity index (χ3n) is 4.51. The molecular formula is C18H16ClFN2O3. The molecule has 7 heteroatoms. The van der Waals surface area contributed by atoms with E-state index in [2.05, 4.69) is 0 Å². The second-order valence-corrected chi connectivity index (χ2v) is 6.34. The second kappa shape index (κ2) is 6.37. The fourth-order valence-corrected chi connectivity index (χ4v) is 3.15. The van der Waals surface area contributed by atoms with Crippen LogP contribution in [0.5, 0.6) is 0 Å². The van der Waals surface area contributed by atoms with Crippen molar-refractivity contribution in [1.29, 1.82) is 0 Å². The van der Waals surface area contributed by atoms with Gasteiger partial charge in [0, 0.05) is 17.6 Å². The molecule has 1 heterocycles. The van der Waals surface area contributed by atoms with E-state index in [1.165, 1.54) is 34.1 Å². The van der Waals surface area contributed by atoms with E-state index in [9.17, 15) is 19.1 Å². The number of carboxylic acids is 1. The molecule has 1 atom stereocenters. The molecular weight excluding hydrogens is 347 g/mol. The van der Waals surface area contributed by atoms with Crippen LogP contribution in [-0.4, -0.2) is 29.1 Å². The van der Waals surface area contributed by atoms with Crippen LogP contribution < -0.4 is 4.90 Å². The average Bonchev–Trinajstić information content (AvgIpc) is 2.58. The number of amides is 2. The summed E-state index contributed by atoms with van der Waals surface area (Å²) < 4.78 is 14.2. The number of hydrogen-bond donors (Lipinski definition) is 1. The van der Waals surface area contributed by atoms with Crippen molar-refractivity contribution in [2.45, 2.75) is 19.5 Å². The van der Waals surface area contributed by atoms with Gasteiger partial charge in [0.2, 0.25) is 0 Å². The van der Waals surface area contributed by atoms with Crippen molar-refractivity contribution < 1.29 is 19.1 Å². The van der Waals surface area contributed by atoms with Crippen LogP contribution >= 0.6 is 11.6 Å². The number of carboxylic acid groups (broad SMARTS) is 1. The molecule has 0 radical (unpaired) electrons. The minimum Gasteiger partial charge on any atom is -0.478 e. The molecule has 5 nitrogen and oxygen atoms in total. The van der Waals surface area contributed by atoms with Crippen LogP contribution in [0.25, 0.3) is 0 Å². The first kappa shape index (κ1) is 17.2. The zero-order chi connectivity index (χ0) is 18.3. The van der Waals surface area contributed by atoms with Crippen molar-refractivity contribution in [3.8, 4) is 0 Å². The number of halogens is 2. The van der Waals surface area contributed by atoms with Gasteiger partial charge in [0.1, 0.15) is 5.82 Å². The van der Waals surface area contributed by atoms with Crippen molar-refractivity contribution in [3.05, 3.63) is 63.9 Å². The van der Waals surface area contributed by atoms with Gasteiger partial charge in [-0.3, -0.25) is 4.90 Å². The van der Waals surface area contributed by atoms with Gasteiger partial charge in [0.25, 0.3) is 0 Å². The van der Waals surface area contributed by atoms with Gasteiger partial charge >= 0.3 is 12.0 Å². The summed E-state index contributed by atoms with van der Waals surface area (Å²) in [6.07, 6.45) is 0. The molecule has 0 aliphatic carbocycles. The zero-order valence-corrected chi connectivity index (χ0v) is 14.4. The highest BCUT2D eigenvalue weighted by Crippen LogP contribution is 2.38. The fraction of sp³-hybridized carbons (Fsp3) is 0.222. The first-order chi connectivity index (χ1) is 11.8. The smallest absolute Gasteiger partial charge is 0.335 e. The predicted molar refractivity (Wildman–Crippen MR) is 92.6 cm³/mol. The van der Waals surface area contributed by atoms with Gasteiger partial charge in [0.05, 0.1) is 23.8 Å². The van der Waals surface area contributed by atoms with Crippen LogP contribution in [0, 0.1) is 5.82 Å². The molecule has 1 aliphatic heterocycles. The number of fused-ring (bicyclic) bond motifs is 1. The Kier molecular flexibility index (Phi) is 4.39. The zero-order valence-electron chi connectivity index (χ0n) is 13.7. The lowest BCUT2D eigenvalue weighted by molar-refractivity contribution is 0.0696. The second-order valence-electron chi connectivity index (χ2n) is 5.93. The van der Waals surface area contributed by atoms with Crippen LogP contribution in [0.15, 0.2) is 36.4 Å². The van der Waals surface area contributed by atoms with Crippen molar-refractivity contribution in [2.24, 2.45) is 0 Å². The Morgan fingerprint density at radius 3 is 2.68 bits per heavy atom. The summed E-state index contributed by atoms with van der Waals surface area (Å²) >= 11 is 6.08. The highest BCUT2D eigenvalue weighted by molar-refractivity contribution is 6.31. The molecule has 0 fully saturated rings. The van der Waals surface area contributed by atoms with Gasteiger partial charge in [-0.2, -0.15) is 0 Å². The standard InChI is InChI=1S/C18H16ClFN2O3/c1-10-12-7-6-11(17(23)24)8-16(12)22(18(25)21(10)2)9-13-14(19)4-3-5-15(13)20/h3-8,10H,9H2,1-2H3,(H,23,24)/t10-/m1/s1. The van der Waals surface area contributed by atoms with Crippen molar-refractivity contribution >= 4 is 29.3 Å². The molecule has 0 spiro atoms. The lowest BCUT2D eigenvalue weighted by atomic mass is 9.98. The third-order valence-corrected chi connectivity index (χ3v) is 4.86. The summed E-state index contributed by atoms with van der Waals surface area (Å²) in [6.45, 7) is 1.77. The van der Waals surface area contributed by atoms with Gasteiger partial charge in [-0.15, -0.1) is 0 Å². The quantitative estimate of drug-likeness (QED) is 0.885. The predicted octanol–water partition coefficient (Wildman–Crippen LogP) is 4.31. The minimum absolute atomic E-state index is 0.0629. The maximum atomic E-state index is 14.2. The summed E-state index contributed by atoms with van der Waals surface area (Å²) in [4.78, 5) is 26.9. The molecule has 0 unspecified atom stereocenters. The Morgan fingerprint density at radius 1 is 1.32 bits per heavy atom. The number of carbonyl (C=O) groups excluding carboxylic acids is 1. The lowest BCUT2D eigenvalue weighted by Crippen LogP contribution is -2.46. The Hall–Kier alpha value is -2.60. The molecule has 3 rings (SSSR count). The summed E-state index contributed by atoms with van der Waals surface area (Å²) in [7, 11) is 1.65. The monoisotopic (exact) mass is 362 g/mol. The van der Waals surface area contributed by atoms with Crippen molar-refractivity contribution in [3.63, 3.8) is 0 Å². The van der Waals surface area contributed by atoms with Gasteiger partial charge in [-0.25, -0.2) is 14.0 Å². The number of nitrogens with zero attached hydrogens (tertiary/aromatic N) is 2. The SMILES string of the molecule is C[C@@H]1c2ccc(C(=O)O)cc2N(Cc2c(F)cccc2Cl)C(=O)N1C. The maximum Gasteiger partial charge on any atom is 0.335 e. The van der Waals surface area contributed by atoms with E-state index >= 15 is 0 Å². The number of benzene rings is 2. The highest BCUT2D eigenvalue weighted by atomic mass is 35.5. The largest absolute Gasteiger partial charge is 0.478 e. The minimum atomic E-state index is -1.09. The topological polar surface area (TPSA) is 60.9 Å². The van der Waals surface area contributed by atoms with Gasteiger partial charge in [-0.05, 0) is 36.8 Å². The number of rotatable bonds is 3. The summed E-state index contributed by atoms with van der Waals surface area (Å²) in [5.41, 5.74) is 1.49. The number of hydrogen-bond acceptors (Lipinski definition) is 2. The first-order valence-electron chi connectivity index (χ1n) is 7.65. The van der Waals surface area contributed by atoms with Crippen LogP contribution in [0.4, 0.5) is 14.9 Å². The number of carbonyl (C=O) groups is 2. The van der Waals surface area contributed by atoms with E-state index in [0.29, 0.717) is 5.69 Å². The van der Waals surface area contributed by atoms with Crippen molar-refractivity contribution in [1.82, 2.24) is 4.90 Å². The summed E-state index contributed by atoms with van der Waals surface area (Å²) in [5, 5.41) is 9.45. The highest BCUT2D eigenvalue weighted by Gasteiger charge is 2.34. The Morgan fingerprint density at radius 2 is 2.04 bits per heavy atom. The van der Waals surface area contributed by atoms with Crippen LogP contribution in [0.3, 0.4) is 0 Å². The molecule has 2 aromatic carbocycles. The van der Waals surface area contributed by atoms with Crippen LogP contribution in [0.1, 0.15) is 34.5 Å². The lowest BCUT2D eigenvalue weighted by Gasteiger charge is -2.39. The van der Waals surface area contributed by atoms with E-state index in [4.69, 9.17) is 11.6 Å². The van der Waals surface area contributed by atoms with Crippen LogP contribution in [-0.2, 0) is 6.54 Å². The van der Waals surface area contributed by atoms with E-state index in [1.54, 1.807) is 19.2 Å². The molecule has 25 heavy (non-hydrogen) atoms.